The second-order valence-corrected chi connectivity index (χ2v) is 25.9. The van der Waals surface area contributed by atoms with Gasteiger partial charge in [0.25, 0.3) is 5.91 Å². The average molecular weight is 926 g/mol. The lowest BCUT2D eigenvalue weighted by Gasteiger charge is -2.69. The number of amides is 1. The van der Waals surface area contributed by atoms with Crippen LogP contribution < -0.4 is 5.32 Å². The van der Waals surface area contributed by atoms with Crippen molar-refractivity contribution < 1.29 is 57.9 Å². The number of fused-ring (bicyclic) bond motifs is 5. The molecule has 2 saturated carbocycles. The van der Waals surface area contributed by atoms with E-state index in [-0.39, 0.29) is 30.1 Å². The Morgan fingerprint density at radius 3 is 1.95 bits per heavy atom. The predicted octanol–water partition coefficient (Wildman–Crippen LogP) is 7.26. The number of carbonyl (C=O) groups excluding carboxylic acids is 4. The minimum Gasteiger partial charge on any atom is -0.456 e. The first-order valence-electron chi connectivity index (χ1n) is 23.0. The normalized spacial score (nSPS) is 32.4. The van der Waals surface area contributed by atoms with Gasteiger partial charge in [0.05, 0.1) is 36.3 Å². The third-order valence-corrected chi connectivity index (χ3v) is 20.4. The monoisotopic (exact) mass is 925 g/mol. The van der Waals surface area contributed by atoms with E-state index in [2.05, 4.69) is 5.32 Å². The number of ether oxygens (including phenoxy) is 4. The van der Waals surface area contributed by atoms with Crippen molar-refractivity contribution in [3.05, 3.63) is 119 Å². The highest BCUT2D eigenvalue weighted by Crippen LogP contribution is 2.66. The molecule has 0 aromatic heterocycles. The Kier molecular flexibility index (Phi) is 13.2. The topological polar surface area (TPSA) is 187 Å². The van der Waals surface area contributed by atoms with Crippen molar-refractivity contribution in [1.29, 1.82) is 0 Å². The van der Waals surface area contributed by atoms with Crippen molar-refractivity contribution in [1.82, 2.24) is 5.32 Å². The van der Waals surface area contributed by atoms with Crippen LogP contribution in [0.25, 0.3) is 0 Å². The van der Waals surface area contributed by atoms with Gasteiger partial charge in [0.15, 0.2) is 20.0 Å². The van der Waals surface area contributed by atoms with Crippen LogP contribution in [0.5, 0.6) is 0 Å². The summed E-state index contributed by atoms with van der Waals surface area (Å²) in [6.07, 6.45) is -7.99. The van der Waals surface area contributed by atoms with Gasteiger partial charge in [-0.1, -0.05) is 121 Å². The highest BCUT2D eigenvalue weighted by Gasteiger charge is 2.77. The number of aliphatic hydroxyl groups is 3. The van der Waals surface area contributed by atoms with Crippen LogP contribution >= 0.6 is 0 Å². The number of benzene rings is 3. The van der Waals surface area contributed by atoms with Crippen molar-refractivity contribution in [2.75, 3.05) is 6.61 Å². The molecular weight excluding hydrogens is 859 g/mol. The average Bonchev–Trinajstić information content (AvgIpc) is 3.26. The summed E-state index contributed by atoms with van der Waals surface area (Å²) in [5.74, 6) is -4.73. The van der Waals surface area contributed by atoms with Gasteiger partial charge in [-0.25, -0.2) is 9.59 Å². The zero-order valence-corrected chi connectivity index (χ0v) is 41.0. The first-order valence-corrected chi connectivity index (χ1v) is 25.9. The number of rotatable bonds is 11. The fourth-order valence-electron chi connectivity index (χ4n) is 11.3. The summed E-state index contributed by atoms with van der Waals surface area (Å²) < 4.78 is 32.5. The second-order valence-electron chi connectivity index (χ2n) is 21.2. The molecule has 4 N–H and O–H groups in total. The highest BCUT2D eigenvalue weighted by atomic mass is 28.4. The quantitative estimate of drug-likeness (QED) is 0.0654. The lowest BCUT2D eigenvalue weighted by molar-refractivity contribution is -0.363. The molecule has 1 heterocycles. The van der Waals surface area contributed by atoms with Crippen molar-refractivity contribution in [3.8, 4) is 0 Å². The van der Waals surface area contributed by atoms with Crippen LogP contribution in [0.2, 0.25) is 18.1 Å². The Bertz CT molecular complexity index is 2330. The summed E-state index contributed by atoms with van der Waals surface area (Å²) in [5, 5.41) is 41.7. The fourth-order valence-corrected chi connectivity index (χ4v) is 12.5. The molecule has 3 aromatic rings. The SMILES string of the molecule is CC(=O)O[C@@]12CO[C@@H]1C[C@H](O)[C@]1(C)[C@@H]2[C@H](OC(=O)c2ccccc2)[C@]2(O)C[C@H](OC(=O)[C@H](O[Si](C)(C)C(C)(C)C)[C@@H](NC(=O)c3ccccc3)c3ccccc3)C(C)=C([C@H](C)[C@@H]1O)C2(C)C. The number of carbonyl (C=O) groups is 4. The van der Waals surface area contributed by atoms with E-state index in [1.807, 2.05) is 64.2 Å². The molecule has 1 aliphatic heterocycles. The Morgan fingerprint density at radius 1 is 0.864 bits per heavy atom. The van der Waals surface area contributed by atoms with E-state index in [0.717, 1.165) is 0 Å². The number of hydrogen-bond acceptors (Lipinski definition) is 12. The molecular formula is C52H67NO12Si. The predicted molar refractivity (Wildman–Crippen MR) is 248 cm³/mol. The van der Waals surface area contributed by atoms with Gasteiger partial charge < -0.3 is 44.0 Å². The van der Waals surface area contributed by atoms with Gasteiger partial charge in [-0.15, -0.1) is 0 Å². The maximum absolute atomic E-state index is 15.4. The Hall–Kier alpha value is -4.70. The molecule has 13 nitrogen and oxygen atoms in total. The maximum Gasteiger partial charge on any atom is 0.338 e. The Morgan fingerprint density at radius 2 is 1.42 bits per heavy atom. The van der Waals surface area contributed by atoms with Crippen LogP contribution in [0.15, 0.2) is 102 Å². The van der Waals surface area contributed by atoms with Gasteiger partial charge in [0.1, 0.15) is 23.9 Å². The Balaban J connectivity index is 1.40. The van der Waals surface area contributed by atoms with E-state index >= 15 is 4.79 Å². The van der Waals surface area contributed by atoms with Crippen molar-refractivity contribution in [3.63, 3.8) is 0 Å². The van der Waals surface area contributed by atoms with Gasteiger partial charge in [-0.3, -0.25) is 9.59 Å². The smallest absolute Gasteiger partial charge is 0.338 e. The molecule has 12 atom stereocenters. The van der Waals surface area contributed by atoms with E-state index < -0.39 is 109 Å². The van der Waals surface area contributed by atoms with Gasteiger partial charge >= 0.3 is 17.9 Å². The molecule has 1 amide bonds. The van der Waals surface area contributed by atoms with Crippen molar-refractivity contribution >= 4 is 32.1 Å². The summed E-state index contributed by atoms with van der Waals surface area (Å²) in [4.78, 5) is 57.0. The van der Waals surface area contributed by atoms with Gasteiger partial charge in [0.2, 0.25) is 0 Å². The van der Waals surface area contributed by atoms with E-state index in [4.69, 9.17) is 23.4 Å². The lowest BCUT2D eigenvalue weighted by Crippen LogP contribution is -2.81. The number of nitrogens with one attached hydrogen (secondary N) is 1. The molecule has 3 fully saturated rings. The zero-order chi connectivity index (χ0) is 48.4. The molecule has 0 spiro atoms. The summed E-state index contributed by atoms with van der Waals surface area (Å²) in [6, 6.07) is 25.0. The van der Waals surface area contributed by atoms with Crippen LogP contribution in [-0.4, -0.2) is 102 Å². The third-order valence-electron chi connectivity index (χ3n) is 16.0. The second kappa shape index (κ2) is 17.7. The summed E-state index contributed by atoms with van der Waals surface area (Å²) in [7, 11) is -2.84. The molecule has 7 rings (SSSR count). The molecule has 3 aromatic carbocycles. The minimum atomic E-state index is -2.84. The van der Waals surface area contributed by atoms with E-state index in [1.54, 1.807) is 95.3 Å². The maximum atomic E-state index is 15.4. The standard InChI is InChI=1S/C52H67NO12Si/c1-30-36(62-47(59)41(65-66(10,11)48(4,5)6)40(33-21-15-12-16-22-33)53-45(57)34-23-17-13-18-24-34)28-52(60)44(63-46(58)35-25-19-14-20-26-35)42-50(9,43(56)31(2)39(30)49(52,7)8)37(55)27-38-51(42,29-61-38)64-32(3)54/h12-26,31,36-38,40-44,55-56,60H,27-29H2,1-11H3,(H,53,57)/t31-,36-,37-,38+,40-,41+,42-,43-,44-,50+,51-,52+/m0/s1. The summed E-state index contributed by atoms with van der Waals surface area (Å²) in [5.41, 5.74) is -4.29. The summed E-state index contributed by atoms with van der Waals surface area (Å²) >= 11 is 0. The zero-order valence-electron chi connectivity index (χ0n) is 40.0. The van der Waals surface area contributed by atoms with Crippen LogP contribution in [0.1, 0.15) is 107 Å². The molecule has 14 heteroatoms. The van der Waals surface area contributed by atoms with Gasteiger partial charge in [0, 0.05) is 42.1 Å². The largest absolute Gasteiger partial charge is 0.456 e. The van der Waals surface area contributed by atoms with E-state index in [1.165, 1.54) is 6.92 Å². The molecule has 1 saturated heterocycles. The molecule has 4 aliphatic rings. The minimum absolute atomic E-state index is 0.00249. The fraction of sp³-hybridized carbons (Fsp3) is 0.538. The number of esters is 3. The lowest BCUT2D eigenvalue weighted by atomic mass is 9.43. The van der Waals surface area contributed by atoms with E-state index in [9.17, 15) is 29.7 Å². The molecule has 356 valence electrons. The molecule has 0 radical (unpaired) electrons. The van der Waals surface area contributed by atoms with Gasteiger partial charge in [-0.2, -0.15) is 0 Å². The van der Waals surface area contributed by atoms with Crippen LogP contribution in [-0.2, 0) is 33.0 Å². The van der Waals surface area contributed by atoms with Crippen LogP contribution in [0, 0.1) is 22.7 Å². The number of aliphatic hydroxyl groups excluding tert-OH is 2. The molecule has 66 heavy (non-hydrogen) atoms. The van der Waals surface area contributed by atoms with Gasteiger partial charge in [-0.05, 0) is 60.5 Å². The summed E-state index contributed by atoms with van der Waals surface area (Å²) in [6.45, 7) is 20.2. The van der Waals surface area contributed by atoms with Crippen LogP contribution in [0.3, 0.4) is 0 Å². The molecule has 2 bridgehead atoms. The number of hydrogen-bond donors (Lipinski definition) is 4. The van der Waals surface area contributed by atoms with Crippen molar-refractivity contribution in [2.45, 2.75) is 147 Å². The molecule has 0 unspecified atom stereocenters. The first kappa shape index (κ1) is 49.2. The highest BCUT2D eigenvalue weighted by molar-refractivity contribution is 6.74. The first-order chi connectivity index (χ1) is 30.8. The molecule has 3 aliphatic carbocycles. The van der Waals surface area contributed by atoms with E-state index in [0.29, 0.717) is 22.3 Å². The third kappa shape index (κ3) is 8.25. The van der Waals surface area contributed by atoms with Crippen LogP contribution in [0.4, 0.5) is 0 Å². The Labute approximate surface area is 389 Å². The van der Waals surface area contributed by atoms with Crippen molar-refractivity contribution in [2.24, 2.45) is 22.7 Å².